The molecule has 146 valence electrons. The van der Waals surface area contributed by atoms with E-state index in [-0.39, 0.29) is 22.4 Å². The summed E-state index contributed by atoms with van der Waals surface area (Å²) in [5.41, 5.74) is 2.95. The van der Waals surface area contributed by atoms with Crippen LogP contribution in [0.25, 0.3) is 16.6 Å². The first-order valence-corrected chi connectivity index (χ1v) is 9.90. The maximum Gasteiger partial charge on any atom is 0.271 e. The summed E-state index contributed by atoms with van der Waals surface area (Å²) in [6.45, 7) is 2.02. The zero-order valence-corrected chi connectivity index (χ0v) is 16.7. The number of thioether (sulfide) groups is 1. The fourth-order valence-corrected chi connectivity index (χ4v) is 3.98. The standard InChI is InChI=1S/C19H14ClN5O3S/c1-11-8-17-22-23-19(24(17)16-5-3-2-4-13(11)16)29-10-18(26)21-15-7-6-12(25(27)28)9-14(15)20/h2-9H,10H2,1H3,(H,21,26). The third-order valence-corrected chi connectivity index (χ3v) is 5.59. The molecular formula is C19H14ClN5O3S. The lowest BCUT2D eigenvalue weighted by molar-refractivity contribution is -0.384. The van der Waals surface area contributed by atoms with Crippen molar-refractivity contribution in [3.05, 3.63) is 69.2 Å². The van der Waals surface area contributed by atoms with Crippen molar-refractivity contribution in [3.8, 4) is 0 Å². The normalized spacial score (nSPS) is 11.1. The molecule has 8 nitrogen and oxygen atoms in total. The van der Waals surface area contributed by atoms with Crippen molar-refractivity contribution in [2.45, 2.75) is 12.1 Å². The smallest absolute Gasteiger partial charge is 0.271 e. The van der Waals surface area contributed by atoms with Crippen molar-refractivity contribution in [2.75, 3.05) is 11.1 Å². The highest BCUT2D eigenvalue weighted by Gasteiger charge is 2.15. The van der Waals surface area contributed by atoms with E-state index in [4.69, 9.17) is 11.6 Å². The number of nitrogens with zero attached hydrogens (tertiary/aromatic N) is 4. The van der Waals surface area contributed by atoms with Gasteiger partial charge in [0.15, 0.2) is 10.8 Å². The van der Waals surface area contributed by atoms with Gasteiger partial charge in [0, 0.05) is 17.5 Å². The molecule has 0 aliphatic rings. The zero-order chi connectivity index (χ0) is 20.5. The van der Waals surface area contributed by atoms with E-state index in [1.165, 1.54) is 30.0 Å². The number of benzene rings is 2. The molecule has 29 heavy (non-hydrogen) atoms. The number of nitro benzene ring substituents is 1. The number of anilines is 1. The molecule has 0 fully saturated rings. The predicted octanol–water partition coefficient (Wildman–Crippen LogP) is 4.48. The molecule has 0 radical (unpaired) electrons. The average molecular weight is 428 g/mol. The highest BCUT2D eigenvalue weighted by molar-refractivity contribution is 7.99. The summed E-state index contributed by atoms with van der Waals surface area (Å²) < 4.78 is 1.92. The molecule has 0 unspecified atom stereocenters. The Bertz CT molecular complexity index is 1270. The maximum atomic E-state index is 12.4. The number of aromatic nitrogens is 3. The molecule has 4 rings (SSSR count). The Kier molecular flexibility index (Phi) is 5.08. The zero-order valence-electron chi connectivity index (χ0n) is 15.1. The summed E-state index contributed by atoms with van der Waals surface area (Å²) in [5.74, 6) is -0.227. The largest absolute Gasteiger partial charge is 0.324 e. The van der Waals surface area contributed by atoms with E-state index in [9.17, 15) is 14.9 Å². The van der Waals surface area contributed by atoms with Gasteiger partial charge in [-0.25, -0.2) is 0 Å². The maximum absolute atomic E-state index is 12.4. The van der Waals surface area contributed by atoms with Crippen LogP contribution in [-0.2, 0) is 4.79 Å². The number of carbonyl (C=O) groups excluding carboxylic acids is 1. The Morgan fingerprint density at radius 2 is 2.03 bits per heavy atom. The average Bonchev–Trinajstić information content (AvgIpc) is 3.11. The van der Waals surface area contributed by atoms with E-state index in [0.717, 1.165) is 16.5 Å². The first-order valence-electron chi connectivity index (χ1n) is 8.54. The monoisotopic (exact) mass is 427 g/mol. The lowest BCUT2D eigenvalue weighted by atomic mass is 10.1. The van der Waals surface area contributed by atoms with Crippen LogP contribution in [0.3, 0.4) is 0 Å². The number of pyridine rings is 1. The molecular weight excluding hydrogens is 414 g/mol. The third-order valence-electron chi connectivity index (χ3n) is 4.34. The molecule has 2 aromatic carbocycles. The van der Waals surface area contributed by atoms with E-state index >= 15 is 0 Å². The van der Waals surface area contributed by atoms with Crippen molar-refractivity contribution in [1.82, 2.24) is 14.6 Å². The molecule has 10 heteroatoms. The van der Waals surface area contributed by atoms with E-state index in [1.807, 2.05) is 41.7 Å². The number of amides is 1. The Morgan fingerprint density at radius 1 is 1.24 bits per heavy atom. The van der Waals surface area contributed by atoms with Crippen LogP contribution in [0, 0.1) is 17.0 Å². The summed E-state index contributed by atoms with van der Waals surface area (Å²) in [4.78, 5) is 22.6. The molecule has 0 aliphatic carbocycles. The number of para-hydroxylation sites is 1. The van der Waals surface area contributed by atoms with Crippen molar-refractivity contribution in [2.24, 2.45) is 0 Å². The van der Waals surface area contributed by atoms with Crippen LogP contribution in [0.1, 0.15) is 5.56 Å². The van der Waals surface area contributed by atoms with Crippen molar-refractivity contribution < 1.29 is 9.72 Å². The number of hydrogen-bond acceptors (Lipinski definition) is 6. The SMILES string of the molecule is Cc1cc2nnc(SCC(=O)Nc3ccc([N+](=O)[O-])cc3Cl)n2c2ccccc12. The Hall–Kier alpha value is -3.17. The van der Waals surface area contributed by atoms with E-state index in [0.29, 0.717) is 16.5 Å². The van der Waals surface area contributed by atoms with Gasteiger partial charge in [-0.15, -0.1) is 10.2 Å². The predicted molar refractivity (Wildman–Crippen MR) is 113 cm³/mol. The van der Waals surface area contributed by atoms with Gasteiger partial charge in [-0.2, -0.15) is 0 Å². The molecule has 0 spiro atoms. The number of halogens is 1. The topological polar surface area (TPSA) is 102 Å². The van der Waals surface area contributed by atoms with Gasteiger partial charge in [0.05, 0.1) is 26.9 Å². The second-order valence-corrected chi connectivity index (χ2v) is 7.63. The number of aryl methyl sites for hydroxylation is 1. The van der Waals surface area contributed by atoms with Gasteiger partial charge in [-0.05, 0) is 30.7 Å². The molecule has 4 aromatic rings. The van der Waals surface area contributed by atoms with E-state index in [2.05, 4.69) is 15.5 Å². The molecule has 0 saturated carbocycles. The highest BCUT2D eigenvalue weighted by atomic mass is 35.5. The lowest BCUT2D eigenvalue weighted by Crippen LogP contribution is -2.14. The number of non-ortho nitro benzene ring substituents is 1. The fourth-order valence-electron chi connectivity index (χ4n) is 3.00. The van der Waals surface area contributed by atoms with Crippen molar-refractivity contribution in [1.29, 1.82) is 0 Å². The lowest BCUT2D eigenvalue weighted by Gasteiger charge is -2.08. The number of fused-ring (bicyclic) bond motifs is 3. The molecule has 1 N–H and O–H groups in total. The van der Waals surface area contributed by atoms with Gasteiger partial charge >= 0.3 is 0 Å². The van der Waals surface area contributed by atoms with Gasteiger partial charge in [0.2, 0.25) is 5.91 Å². The second-order valence-electron chi connectivity index (χ2n) is 6.28. The minimum absolute atomic E-state index is 0.0797. The molecule has 0 atom stereocenters. The molecule has 2 heterocycles. The van der Waals surface area contributed by atoms with Crippen LogP contribution in [0.2, 0.25) is 5.02 Å². The van der Waals surface area contributed by atoms with Gasteiger partial charge in [0.1, 0.15) is 0 Å². The second kappa shape index (κ2) is 7.69. The van der Waals surface area contributed by atoms with Gasteiger partial charge < -0.3 is 5.32 Å². The molecule has 2 aromatic heterocycles. The summed E-state index contributed by atoms with van der Waals surface area (Å²) in [7, 11) is 0. The summed E-state index contributed by atoms with van der Waals surface area (Å²) in [6.07, 6.45) is 0. The minimum Gasteiger partial charge on any atom is -0.324 e. The minimum atomic E-state index is -0.546. The van der Waals surface area contributed by atoms with Gasteiger partial charge in [-0.3, -0.25) is 19.3 Å². The first-order chi connectivity index (χ1) is 13.9. The number of carbonyl (C=O) groups is 1. The van der Waals surface area contributed by atoms with E-state index in [1.54, 1.807) is 0 Å². The summed E-state index contributed by atoms with van der Waals surface area (Å²) in [5, 5.41) is 23.6. The number of hydrogen-bond donors (Lipinski definition) is 1. The summed E-state index contributed by atoms with van der Waals surface area (Å²) >= 11 is 7.27. The van der Waals surface area contributed by atoms with Gasteiger partial charge in [0.25, 0.3) is 5.69 Å². The Morgan fingerprint density at radius 3 is 2.79 bits per heavy atom. The molecule has 0 bridgehead atoms. The Labute approximate surface area is 174 Å². The van der Waals surface area contributed by atoms with Crippen LogP contribution < -0.4 is 5.32 Å². The van der Waals surface area contributed by atoms with Crippen LogP contribution >= 0.6 is 23.4 Å². The van der Waals surface area contributed by atoms with Gasteiger partial charge in [-0.1, -0.05) is 41.6 Å². The number of nitro groups is 1. The van der Waals surface area contributed by atoms with E-state index < -0.39 is 4.92 Å². The van der Waals surface area contributed by atoms with Crippen LogP contribution in [0.5, 0.6) is 0 Å². The fraction of sp³-hybridized carbons (Fsp3) is 0.105. The molecule has 0 aliphatic heterocycles. The van der Waals surface area contributed by atoms with Crippen molar-refractivity contribution >= 4 is 57.2 Å². The Balaban J connectivity index is 1.54. The first kappa shape index (κ1) is 19.2. The number of nitrogens with one attached hydrogen (secondary N) is 1. The van der Waals surface area contributed by atoms with Crippen LogP contribution in [0.15, 0.2) is 53.7 Å². The van der Waals surface area contributed by atoms with Crippen molar-refractivity contribution in [3.63, 3.8) is 0 Å². The highest BCUT2D eigenvalue weighted by Crippen LogP contribution is 2.28. The molecule has 0 saturated heterocycles. The quantitative estimate of drug-likeness (QED) is 0.286. The third kappa shape index (κ3) is 3.74. The van der Waals surface area contributed by atoms with Crippen LogP contribution in [0.4, 0.5) is 11.4 Å². The van der Waals surface area contributed by atoms with Crippen LogP contribution in [-0.4, -0.2) is 31.2 Å². The molecule has 1 amide bonds. The number of rotatable bonds is 5. The summed E-state index contributed by atoms with van der Waals surface area (Å²) in [6, 6.07) is 13.8.